The average Bonchev–Trinajstić information content (AvgIpc) is 2.65. The Kier molecular flexibility index (Phi) is 4.32. The zero-order valence-electron chi connectivity index (χ0n) is 11.0. The van der Waals surface area contributed by atoms with Gasteiger partial charge < -0.3 is 5.32 Å². The van der Waals surface area contributed by atoms with E-state index in [9.17, 15) is 22.0 Å². The molecule has 7 heteroatoms. The molecule has 110 valence electrons. The molecule has 1 heterocycles. The van der Waals surface area contributed by atoms with Crippen LogP contribution in [0.1, 0.15) is 36.6 Å². The summed E-state index contributed by atoms with van der Waals surface area (Å²) in [6.07, 6.45) is -5.58. The maximum atomic E-state index is 13.4. The molecule has 1 atom stereocenters. The van der Waals surface area contributed by atoms with Crippen molar-refractivity contribution in [3.8, 4) is 0 Å². The van der Waals surface area contributed by atoms with Gasteiger partial charge >= 0.3 is 12.1 Å². The van der Waals surface area contributed by atoms with E-state index in [4.69, 9.17) is 0 Å². The lowest BCUT2D eigenvalue weighted by Gasteiger charge is -2.27. The summed E-state index contributed by atoms with van der Waals surface area (Å²) < 4.78 is 64.0. The van der Waals surface area contributed by atoms with Gasteiger partial charge in [0.05, 0.1) is 0 Å². The van der Waals surface area contributed by atoms with Crippen molar-refractivity contribution in [1.29, 1.82) is 0 Å². The van der Waals surface area contributed by atoms with Crippen LogP contribution in [0.5, 0.6) is 0 Å². The van der Waals surface area contributed by atoms with Gasteiger partial charge in [-0.2, -0.15) is 22.0 Å². The number of rotatable bonds is 3. The van der Waals surface area contributed by atoms with E-state index in [1.54, 1.807) is 6.07 Å². The molecule has 0 fully saturated rings. The third kappa shape index (κ3) is 3.25. The molecule has 0 spiro atoms. The van der Waals surface area contributed by atoms with E-state index in [1.165, 1.54) is 6.07 Å². The van der Waals surface area contributed by atoms with Crippen molar-refractivity contribution in [2.24, 2.45) is 0 Å². The lowest BCUT2D eigenvalue weighted by Crippen LogP contribution is -2.46. The molecule has 1 aromatic rings. The van der Waals surface area contributed by atoms with Gasteiger partial charge in [-0.15, -0.1) is 11.3 Å². The first-order valence-corrected chi connectivity index (χ1v) is 6.45. The van der Waals surface area contributed by atoms with Crippen LogP contribution < -0.4 is 5.32 Å². The molecule has 0 saturated heterocycles. The molecule has 0 bridgehead atoms. The summed E-state index contributed by atoms with van der Waals surface area (Å²) >= 11 is 0.973. The van der Waals surface area contributed by atoms with Gasteiger partial charge in [-0.25, -0.2) is 0 Å². The highest BCUT2D eigenvalue weighted by Gasteiger charge is 2.62. The zero-order valence-corrected chi connectivity index (χ0v) is 11.8. The molecular weight excluding hydrogens is 285 g/mol. The zero-order chi connectivity index (χ0) is 15.1. The van der Waals surface area contributed by atoms with E-state index in [0.717, 1.165) is 23.3 Å². The molecular formula is C12H16F5NS. The molecule has 0 aliphatic heterocycles. The average molecular weight is 301 g/mol. The van der Waals surface area contributed by atoms with Crippen molar-refractivity contribution in [2.45, 2.75) is 44.3 Å². The van der Waals surface area contributed by atoms with Crippen LogP contribution in [-0.2, 0) is 5.41 Å². The van der Waals surface area contributed by atoms with Crippen LogP contribution >= 0.6 is 11.3 Å². The van der Waals surface area contributed by atoms with E-state index in [0.29, 0.717) is 0 Å². The Hall–Kier alpha value is -0.690. The van der Waals surface area contributed by atoms with Crippen molar-refractivity contribution >= 4 is 11.3 Å². The molecule has 0 aliphatic carbocycles. The molecule has 19 heavy (non-hydrogen) atoms. The summed E-state index contributed by atoms with van der Waals surface area (Å²) in [5, 5.41) is 2.07. The Morgan fingerprint density at radius 1 is 1.05 bits per heavy atom. The smallest absolute Gasteiger partial charge is 0.307 e. The van der Waals surface area contributed by atoms with Gasteiger partial charge in [0.25, 0.3) is 0 Å². The Balaban J connectivity index is 3.15. The molecule has 1 rings (SSSR count). The van der Waals surface area contributed by atoms with Crippen LogP contribution in [-0.4, -0.2) is 19.1 Å². The van der Waals surface area contributed by atoms with Gasteiger partial charge in [0.2, 0.25) is 0 Å². The van der Waals surface area contributed by atoms with E-state index >= 15 is 0 Å². The van der Waals surface area contributed by atoms with Crippen LogP contribution in [0, 0.1) is 0 Å². The maximum absolute atomic E-state index is 13.4. The summed E-state index contributed by atoms with van der Waals surface area (Å²) in [6, 6.07) is 0.858. The fourth-order valence-corrected chi connectivity index (χ4v) is 2.79. The number of alkyl halides is 5. The van der Waals surface area contributed by atoms with E-state index < -0.39 is 18.1 Å². The highest BCUT2D eigenvalue weighted by molar-refractivity contribution is 7.12. The second kappa shape index (κ2) is 5.01. The van der Waals surface area contributed by atoms with Crippen molar-refractivity contribution in [1.82, 2.24) is 5.32 Å². The highest BCUT2D eigenvalue weighted by atomic mass is 32.1. The largest absolute Gasteiger partial charge is 0.455 e. The van der Waals surface area contributed by atoms with Crippen molar-refractivity contribution in [2.75, 3.05) is 7.05 Å². The molecule has 0 amide bonds. The number of halogens is 5. The van der Waals surface area contributed by atoms with Crippen LogP contribution in [0.4, 0.5) is 22.0 Å². The quantitative estimate of drug-likeness (QED) is 0.810. The molecule has 0 radical (unpaired) electrons. The normalized spacial score (nSPS) is 15.6. The van der Waals surface area contributed by atoms with Crippen LogP contribution in [0.2, 0.25) is 0 Å². The predicted octanol–water partition coefficient (Wildman–Crippen LogP) is 4.50. The van der Waals surface area contributed by atoms with Crippen molar-refractivity contribution in [3.63, 3.8) is 0 Å². The Labute approximate surface area is 112 Å². The van der Waals surface area contributed by atoms with Crippen molar-refractivity contribution in [3.05, 3.63) is 21.9 Å². The van der Waals surface area contributed by atoms with Gasteiger partial charge in [-0.1, -0.05) is 20.8 Å². The van der Waals surface area contributed by atoms with Gasteiger partial charge in [-0.05, 0) is 24.6 Å². The Morgan fingerprint density at radius 2 is 1.58 bits per heavy atom. The van der Waals surface area contributed by atoms with Gasteiger partial charge in [0, 0.05) is 9.75 Å². The summed E-state index contributed by atoms with van der Waals surface area (Å²) in [4.78, 5) is 0.746. The molecule has 0 saturated carbocycles. The fourth-order valence-electron chi connectivity index (χ4n) is 1.58. The molecule has 1 N–H and O–H groups in total. The lowest BCUT2D eigenvalue weighted by molar-refractivity contribution is -0.293. The van der Waals surface area contributed by atoms with Crippen LogP contribution in [0.3, 0.4) is 0 Å². The molecule has 0 aromatic carbocycles. The topological polar surface area (TPSA) is 12.0 Å². The van der Waals surface area contributed by atoms with E-state index in [1.807, 2.05) is 20.8 Å². The minimum atomic E-state index is -5.58. The number of hydrogen-bond donors (Lipinski definition) is 1. The lowest BCUT2D eigenvalue weighted by atomic mass is 9.95. The maximum Gasteiger partial charge on any atom is 0.455 e. The fraction of sp³-hybridized carbons (Fsp3) is 0.667. The van der Waals surface area contributed by atoms with E-state index in [2.05, 4.69) is 5.32 Å². The number of hydrogen-bond acceptors (Lipinski definition) is 2. The third-order valence-electron chi connectivity index (χ3n) is 2.68. The molecule has 1 aromatic heterocycles. The van der Waals surface area contributed by atoms with E-state index in [-0.39, 0.29) is 10.3 Å². The Morgan fingerprint density at radius 3 is 1.89 bits per heavy atom. The number of thiophene rings is 1. The summed E-state index contributed by atoms with van der Waals surface area (Å²) in [7, 11) is 1.10. The Bertz CT molecular complexity index is 430. The summed E-state index contributed by atoms with van der Waals surface area (Å²) in [6.45, 7) is 5.62. The summed E-state index contributed by atoms with van der Waals surface area (Å²) in [5.74, 6) is -4.80. The minimum absolute atomic E-state index is 0.0187. The summed E-state index contributed by atoms with van der Waals surface area (Å²) in [5.41, 5.74) is -0.283. The van der Waals surface area contributed by atoms with Gasteiger partial charge in [-0.3, -0.25) is 0 Å². The van der Waals surface area contributed by atoms with Crippen LogP contribution in [0.25, 0.3) is 0 Å². The minimum Gasteiger partial charge on any atom is -0.307 e. The second-order valence-corrected chi connectivity index (χ2v) is 6.41. The first-order valence-electron chi connectivity index (χ1n) is 5.63. The molecule has 1 unspecified atom stereocenters. The first-order chi connectivity index (χ1) is 8.41. The molecule has 1 nitrogen and oxygen atoms in total. The second-order valence-electron chi connectivity index (χ2n) is 5.29. The first kappa shape index (κ1) is 16.4. The van der Waals surface area contributed by atoms with Crippen molar-refractivity contribution < 1.29 is 22.0 Å². The highest BCUT2D eigenvalue weighted by Crippen LogP contribution is 2.46. The predicted molar refractivity (Wildman–Crippen MR) is 65.8 cm³/mol. The monoisotopic (exact) mass is 301 g/mol. The standard InChI is InChI=1S/C12H16F5NS/c1-10(2,3)8-6-5-7(19-8)9(18-4)11(13,14)12(15,16)17/h5-6,9,18H,1-4H3. The third-order valence-corrected chi connectivity index (χ3v) is 4.26. The van der Waals surface area contributed by atoms with Crippen LogP contribution in [0.15, 0.2) is 12.1 Å². The number of nitrogens with one attached hydrogen (secondary N) is 1. The van der Waals surface area contributed by atoms with Gasteiger partial charge in [0.1, 0.15) is 6.04 Å². The SMILES string of the molecule is CNC(c1ccc(C(C)(C)C)s1)C(F)(F)C(F)(F)F. The molecule has 0 aliphatic rings. The van der Waals surface area contributed by atoms with Gasteiger partial charge in [0.15, 0.2) is 0 Å².